The molecule has 0 saturated carbocycles. The minimum absolute atomic E-state index is 0.0351. The number of carbonyl (C=O) groups excluding carboxylic acids is 2. The summed E-state index contributed by atoms with van der Waals surface area (Å²) in [5.41, 5.74) is 2.40. The summed E-state index contributed by atoms with van der Waals surface area (Å²) >= 11 is 0. The number of nitrogens with one attached hydrogen (secondary N) is 2. The molecule has 2 heterocycles. The van der Waals surface area contributed by atoms with E-state index in [1.807, 2.05) is 24.3 Å². The highest BCUT2D eigenvalue weighted by molar-refractivity contribution is 7.89. The second-order valence-electron chi connectivity index (χ2n) is 9.31. The van der Waals surface area contributed by atoms with Gasteiger partial charge < -0.3 is 15.0 Å². The average molecular weight is 542 g/mol. The van der Waals surface area contributed by atoms with Gasteiger partial charge in [0.1, 0.15) is 11.8 Å². The summed E-state index contributed by atoms with van der Waals surface area (Å²) in [6.07, 6.45) is 0. The first-order valence-electron chi connectivity index (χ1n) is 12.2. The Labute approximate surface area is 221 Å². The van der Waals surface area contributed by atoms with Gasteiger partial charge in [-0.25, -0.2) is 8.42 Å². The van der Waals surface area contributed by atoms with Crippen molar-refractivity contribution in [3.05, 3.63) is 53.6 Å². The maximum Gasteiger partial charge on any atom is 0.243 e. The highest BCUT2D eigenvalue weighted by Gasteiger charge is 2.41. The van der Waals surface area contributed by atoms with E-state index >= 15 is 0 Å². The van der Waals surface area contributed by atoms with Crippen LogP contribution in [0.5, 0.6) is 5.75 Å². The van der Waals surface area contributed by atoms with E-state index in [0.717, 1.165) is 9.87 Å². The van der Waals surface area contributed by atoms with Crippen LogP contribution in [0.1, 0.15) is 37.8 Å². The predicted octanol–water partition coefficient (Wildman–Crippen LogP) is 1.54. The van der Waals surface area contributed by atoms with Crippen LogP contribution in [0.15, 0.2) is 47.4 Å². The van der Waals surface area contributed by atoms with Crippen molar-refractivity contribution in [2.24, 2.45) is 0 Å². The minimum Gasteiger partial charge on any atom is -0.496 e. The molecule has 13 heteroatoms. The van der Waals surface area contributed by atoms with Crippen LogP contribution in [0, 0.1) is 0 Å². The normalized spacial score (nSPS) is 16.4. The summed E-state index contributed by atoms with van der Waals surface area (Å²) in [7, 11) is -2.70. The monoisotopic (exact) mass is 541 g/mol. The highest BCUT2D eigenvalue weighted by atomic mass is 32.2. The molecule has 0 spiro atoms. The number of H-pyrrole nitrogens is 1. The van der Waals surface area contributed by atoms with Crippen LogP contribution in [0.25, 0.3) is 11.4 Å². The number of ether oxygens (including phenoxy) is 1. The van der Waals surface area contributed by atoms with E-state index in [0.29, 0.717) is 17.2 Å². The number of amides is 2. The van der Waals surface area contributed by atoms with Gasteiger partial charge in [0, 0.05) is 33.1 Å². The second kappa shape index (κ2) is 11.3. The van der Waals surface area contributed by atoms with Gasteiger partial charge in [-0.1, -0.05) is 38.1 Å². The lowest BCUT2D eigenvalue weighted by molar-refractivity contribution is -0.134. The standard InChI is InChI=1S/C25H31N7O5S/c1-16(2)19-7-5-18(6-8-19)14-26-25(34)22-15-31(17(3)33)11-12-32(22)38(35,36)20-9-10-23(37-4)21(13-20)24-27-29-30-28-24/h5-10,13,16,22H,11-12,14-15H2,1-4H3,(H,26,34)(H,27,28,29,30)/t22-/m1/s1. The minimum atomic E-state index is -4.15. The summed E-state index contributed by atoms with van der Waals surface area (Å²) in [4.78, 5) is 26.9. The van der Waals surface area contributed by atoms with E-state index in [1.165, 1.54) is 42.7 Å². The van der Waals surface area contributed by atoms with Gasteiger partial charge in [-0.05, 0) is 40.5 Å². The van der Waals surface area contributed by atoms with Gasteiger partial charge in [0.2, 0.25) is 27.7 Å². The number of tetrazole rings is 1. The third kappa shape index (κ3) is 5.68. The number of hydrogen-bond donors (Lipinski definition) is 2. The van der Waals surface area contributed by atoms with Gasteiger partial charge in [-0.3, -0.25) is 9.59 Å². The van der Waals surface area contributed by atoms with Crippen LogP contribution in [-0.4, -0.2) is 82.8 Å². The number of carbonyl (C=O) groups is 2. The number of piperazine rings is 1. The van der Waals surface area contributed by atoms with Crippen LogP contribution in [0.4, 0.5) is 0 Å². The summed E-state index contributed by atoms with van der Waals surface area (Å²) < 4.78 is 34.1. The van der Waals surface area contributed by atoms with Gasteiger partial charge in [0.15, 0.2) is 0 Å². The first-order valence-corrected chi connectivity index (χ1v) is 13.6. The summed E-state index contributed by atoms with van der Waals surface area (Å²) in [6.45, 7) is 5.91. The van der Waals surface area contributed by atoms with Crippen LogP contribution < -0.4 is 10.1 Å². The maximum atomic E-state index is 13.8. The molecule has 202 valence electrons. The largest absolute Gasteiger partial charge is 0.496 e. The molecule has 4 rings (SSSR count). The third-order valence-corrected chi connectivity index (χ3v) is 8.46. The van der Waals surface area contributed by atoms with Gasteiger partial charge in [-0.2, -0.15) is 9.52 Å². The molecular weight excluding hydrogens is 510 g/mol. The molecule has 12 nitrogen and oxygen atoms in total. The van der Waals surface area contributed by atoms with Crippen molar-refractivity contribution in [1.82, 2.24) is 35.1 Å². The summed E-state index contributed by atoms with van der Waals surface area (Å²) in [6, 6.07) is 11.1. The number of nitrogens with zero attached hydrogens (tertiary/aromatic N) is 5. The topological polar surface area (TPSA) is 150 Å². The molecule has 1 aliphatic heterocycles. The van der Waals surface area contributed by atoms with Crippen molar-refractivity contribution in [1.29, 1.82) is 0 Å². The molecule has 1 aromatic heterocycles. The number of hydrogen-bond acceptors (Lipinski definition) is 8. The molecule has 38 heavy (non-hydrogen) atoms. The molecule has 2 N–H and O–H groups in total. The average Bonchev–Trinajstić information content (AvgIpc) is 3.46. The van der Waals surface area contributed by atoms with Crippen LogP contribution in [0.2, 0.25) is 0 Å². The summed E-state index contributed by atoms with van der Waals surface area (Å²) in [5, 5.41) is 16.6. The highest BCUT2D eigenvalue weighted by Crippen LogP contribution is 2.32. The molecule has 0 radical (unpaired) electrons. The molecule has 2 amide bonds. The molecule has 2 aromatic carbocycles. The lowest BCUT2D eigenvalue weighted by Crippen LogP contribution is -2.61. The van der Waals surface area contributed by atoms with E-state index in [1.54, 1.807) is 0 Å². The lowest BCUT2D eigenvalue weighted by atomic mass is 10.0. The van der Waals surface area contributed by atoms with Crippen molar-refractivity contribution in [2.45, 2.75) is 44.2 Å². The van der Waals surface area contributed by atoms with Gasteiger partial charge in [0.05, 0.1) is 17.6 Å². The molecule has 0 unspecified atom stereocenters. The fourth-order valence-corrected chi connectivity index (χ4v) is 5.91. The van der Waals surface area contributed by atoms with E-state index in [-0.39, 0.29) is 42.8 Å². The first kappa shape index (κ1) is 27.2. The molecule has 1 saturated heterocycles. The molecule has 1 fully saturated rings. The Morgan fingerprint density at radius 2 is 1.89 bits per heavy atom. The van der Waals surface area contributed by atoms with Gasteiger partial charge in [0.25, 0.3) is 0 Å². The Kier molecular flexibility index (Phi) is 8.07. The third-order valence-electron chi connectivity index (χ3n) is 6.56. The molecule has 3 aromatic rings. The van der Waals surface area contributed by atoms with Crippen LogP contribution >= 0.6 is 0 Å². The fraction of sp³-hybridized carbons (Fsp3) is 0.400. The van der Waals surface area contributed by atoms with Crippen molar-refractivity contribution in [3.8, 4) is 17.1 Å². The predicted molar refractivity (Wildman–Crippen MR) is 138 cm³/mol. The molecule has 1 atom stereocenters. The SMILES string of the molecule is COc1ccc(S(=O)(=O)N2CCN(C(C)=O)C[C@@H]2C(=O)NCc2ccc(C(C)C)cc2)cc1-c1nn[nH]n1. The summed E-state index contributed by atoms with van der Waals surface area (Å²) in [5.74, 6) is 0.200. The van der Waals surface area contributed by atoms with Crippen molar-refractivity contribution < 1.29 is 22.7 Å². The molecule has 0 aliphatic carbocycles. The maximum absolute atomic E-state index is 13.8. The van der Waals surface area contributed by atoms with E-state index < -0.39 is 22.0 Å². The van der Waals surface area contributed by atoms with Crippen LogP contribution in [-0.2, 0) is 26.2 Å². The Morgan fingerprint density at radius 1 is 1.16 bits per heavy atom. The smallest absolute Gasteiger partial charge is 0.243 e. The van der Waals surface area contributed by atoms with E-state index in [2.05, 4.69) is 39.8 Å². The zero-order valence-electron chi connectivity index (χ0n) is 21.7. The van der Waals surface area contributed by atoms with Crippen LogP contribution in [0.3, 0.4) is 0 Å². The van der Waals surface area contributed by atoms with Gasteiger partial charge >= 0.3 is 0 Å². The lowest BCUT2D eigenvalue weighted by Gasteiger charge is -2.39. The second-order valence-corrected chi connectivity index (χ2v) is 11.2. The van der Waals surface area contributed by atoms with Crippen molar-refractivity contribution in [3.63, 3.8) is 0 Å². The van der Waals surface area contributed by atoms with E-state index in [9.17, 15) is 18.0 Å². The fourth-order valence-electron chi connectivity index (χ4n) is 4.31. The molecular formula is C25H31N7O5S. The number of aromatic amines is 1. The Bertz CT molecular complexity index is 1390. The zero-order valence-corrected chi connectivity index (χ0v) is 22.5. The Morgan fingerprint density at radius 3 is 2.50 bits per heavy atom. The Hall–Kier alpha value is -3.84. The first-order chi connectivity index (χ1) is 18.1. The van der Waals surface area contributed by atoms with Gasteiger partial charge in [-0.15, -0.1) is 10.2 Å². The molecule has 0 bridgehead atoms. The van der Waals surface area contributed by atoms with Crippen molar-refractivity contribution in [2.75, 3.05) is 26.7 Å². The number of benzene rings is 2. The Balaban J connectivity index is 1.61. The zero-order chi connectivity index (χ0) is 27.4. The number of methoxy groups -OCH3 is 1. The quantitative estimate of drug-likeness (QED) is 0.436. The number of sulfonamides is 1. The van der Waals surface area contributed by atoms with Crippen molar-refractivity contribution >= 4 is 21.8 Å². The van der Waals surface area contributed by atoms with E-state index in [4.69, 9.17) is 4.74 Å². The molecule has 1 aliphatic rings. The number of rotatable bonds is 8. The number of aromatic nitrogens is 4.